The van der Waals surface area contributed by atoms with Gasteiger partial charge in [-0.3, -0.25) is 4.79 Å². The Labute approximate surface area is 182 Å². The summed E-state index contributed by atoms with van der Waals surface area (Å²) in [6.07, 6.45) is 3.40. The summed E-state index contributed by atoms with van der Waals surface area (Å²) in [5.74, 6) is 1.07. The highest BCUT2D eigenvalue weighted by Crippen LogP contribution is 2.26. The number of halogens is 1. The van der Waals surface area contributed by atoms with E-state index >= 15 is 0 Å². The van der Waals surface area contributed by atoms with Gasteiger partial charge in [0.25, 0.3) is 0 Å². The first-order valence-electron chi connectivity index (χ1n) is 10.0. The van der Waals surface area contributed by atoms with Crippen molar-refractivity contribution in [1.29, 1.82) is 0 Å². The molecule has 3 rings (SSSR count). The highest BCUT2D eigenvalue weighted by molar-refractivity contribution is 6.33. The summed E-state index contributed by atoms with van der Waals surface area (Å²) >= 11 is 6.20. The Bertz CT molecular complexity index is 1020. The van der Waals surface area contributed by atoms with E-state index in [2.05, 4.69) is 36.2 Å². The molecule has 0 radical (unpaired) electrons. The van der Waals surface area contributed by atoms with Crippen LogP contribution in [0.25, 0.3) is 17.5 Å². The fraction of sp³-hybridized carbons (Fsp3) is 0.292. The van der Waals surface area contributed by atoms with Crippen LogP contribution in [0.5, 0.6) is 0 Å². The van der Waals surface area contributed by atoms with E-state index in [4.69, 9.17) is 16.0 Å². The van der Waals surface area contributed by atoms with Gasteiger partial charge in [-0.2, -0.15) is 0 Å². The highest BCUT2D eigenvalue weighted by atomic mass is 35.5. The van der Waals surface area contributed by atoms with Crippen molar-refractivity contribution in [2.75, 3.05) is 0 Å². The van der Waals surface area contributed by atoms with Gasteiger partial charge in [-0.1, -0.05) is 61.8 Å². The van der Waals surface area contributed by atoms with Gasteiger partial charge in [-0.05, 0) is 49.1 Å². The van der Waals surface area contributed by atoms with Gasteiger partial charge in [0.1, 0.15) is 0 Å². The van der Waals surface area contributed by atoms with Gasteiger partial charge in [0.05, 0.1) is 17.1 Å². The minimum Gasteiger partial charge on any atom is -0.419 e. The van der Waals surface area contributed by atoms with Crippen LogP contribution in [0.1, 0.15) is 50.6 Å². The maximum atomic E-state index is 12.8. The van der Waals surface area contributed by atoms with Gasteiger partial charge in [0.2, 0.25) is 17.7 Å². The molecular weight excluding hydrogens is 398 g/mol. The van der Waals surface area contributed by atoms with Crippen LogP contribution in [0.15, 0.2) is 59.0 Å². The van der Waals surface area contributed by atoms with Crippen LogP contribution >= 0.6 is 11.6 Å². The number of aromatic nitrogens is 2. The summed E-state index contributed by atoms with van der Waals surface area (Å²) in [7, 11) is 0. The van der Waals surface area contributed by atoms with E-state index in [-0.39, 0.29) is 18.5 Å². The molecule has 0 spiro atoms. The molecule has 0 aliphatic rings. The summed E-state index contributed by atoms with van der Waals surface area (Å²) in [5, 5.41) is 8.71. The van der Waals surface area contributed by atoms with Crippen LogP contribution in [0.4, 0.5) is 0 Å². The van der Waals surface area contributed by atoms with E-state index in [1.54, 1.807) is 17.0 Å². The molecule has 3 aromatic rings. The fourth-order valence-electron chi connectivity index (χ4n) is 2.98. The summed E-state index contributed by atoms with van der Waals surface area (Å²) in [6, 6.07) is 15.5. The summed E-state index contributed by atoms with van der Waals surface area (Å²) < 4.78 is 5.76. The number of carbonyl (C=O) groups is 1. The van der Waals surface area contributed by atoms with Crippen LogP contribution in [0.2, 0.25) is 5.02 Å². The summed E-state index contributed by atoms with van der Waals surface area (Å²) in [5.41, 5.74) is 2.92. The molecule has 0 saturated carbocycles. The standard InChI is InChI=1S/C24H26ClN3O2/c1-16(2)19-12-9-18(10-13-19)11-14-23(29)28(17(3)4)15-22-26-27-24(30-22)20-7-5-6-8-21(20)25/h5-14,16-17H,15H2,1-4H3/b14-11+. The number of hydrogen-bond donors (Lipinski definition) is 0. The van der Waals surface area contributed by atoms with E-state index in [0.717, 1.165) is 5.56 Å². The van der Waals surface area contributed by atoms with E-state index in [0.29, 0.717) is 28.3 Å². The van der Waals surface area contributed by atoms with E-state index in [1.165, 1.54) is 5.56 Å². The second kappa shape index (κ2) is 9.72. The minimum absolute atomic E-state index is 0.0267. The molecule has 0 aliphatic heterocycles. The van der Waals surface area contributed by atoms with Crippen LogP contribution in [0, 0.1) is 0 Å². The lowest BCUT2D eigenvalue weighted by Crippen LogP contribution is -2.35. The van der Waals surface area contributed by atoms with E-state index in [1.807, 2.05) is 50.3 Å². The number of amides is 1. The molecule has 1 amide bonds. The number of nitrogens with zero attached hydrogens (tertiary/aromatic N) is 3. The van der Waals surface area contributed by atoms with Crippen molar-refractivity contribution < 1.29 is 9.21 Å². The summed E-state index contributed by atoms with van der Waals surface area (Å²) in [6.45, 7) is 8.45. The van der Waals surface area contributed by atoms with Gasteiger partial charge >= 0.3 is 0 Å². The number of rotatable bonds is 7. The Morgan fingerprint density at radius 3 is 2.40 bits per heavy atom. The molecule has 2 aromatic carbocycles. The largest absolute Gasteiger partial charge is 0.419 e. The van der Waals surface area contributed by atoms with Crippen molar-refractivity contribution in [3.8, 4) is 11.5 Å². The molecule has 0 N–H and O–H groups in total. The predicted octanol–water partition coefficient (Wildman–Crippen LogP) is 5.96. The molecule has 0 unspecified atom stereocenters. The molecule has 156 valence electrons. The van der Waals surface area contributed by atoms with Crippen molar-refractivity contribution in [2.24, 2.45) is 0 Å². The minimum atomic E-state index is -0.115. The van der Waals surface area contributed by atoms with Gasteiger partial charge in [-0.15, -0.1) is 10.2 Å². The third-order valence-electron chi connectivity index (χ3n) is 4.80. The molecule has 0 aliphatic carbocycles. The van der Waals surface area contributed by atoms with Crippen molar-refractivity contribution in [2.45, 2.75) is 46.2 Å². The number of hydrogen-bond acceptors (Lipinski definition) is 4. The third-order valence-corrected chi connectivity index (χ3v) is 5.13. The predicted molar refractivity (Wildman–Crippen MR) is 120 cm³/mol. The van der Waals surface area contributed by atoms with Gasteiger partial charge in [-0.25, -0.2) is 0 Å². The first kappa shape index (κ1) is 21.8. The van der Waals surface area contributed by atoms with Crippen LogP contribution in [-0.2, 0) is 11.3 Å². The molecule has 0 saturated heterocycles. The third kappa shape index (κ3) is 5.36. The quantitative estimate of drug-likeness (QED) is 0.439. The van der Waals surface area contributed by atoms with Gasteiger partial charge in [0.15, 0.2) is 0 Å². The lowest BCUT2D eigenvalue weighted by molar-refractivity contribution is -0.128. The van der Waals surface area contributed by atoms with Gasteiger partial charge < -0.3 is 9.32 Å². The Kier molecular flexibility index (Phi) is 7.06. The number of carbonyl (C=O) groups excluding carboxylic acids is 1. The van der Waals surface area contributed by atoms with Crippen molar-refractivity contribution in [3.63, 3.8) is 0 Å². The highest BCUT2D eigenvalue weighted by Gasteiger charge is 2.19. The maximum Gasteiger partial charge on any atom is 0.249 e. The van der Waals surface area contributed by atoms with Crippen molar-refractivity contribution in [1.82, 2.24) is 15.1 Å². The topological polar surface area (TPSA) is 59.2 Å². The smallest absolute Gasteiger partial charge is 0.249 e. The maximum absolute atomic E-state index is 12.8. The van der Waals surface area contributed by atoms with Crippen molar-refractivity contribution in [3.05, 3.63) is 76.6 Å². The normalized spacial score (nSPS) is 11.6. The first-order chi connectivity index (χ1) is 14.3. The van der Waals surface area contributed by atoms with Crippen LogP contribution < -0.4 is 0 Å². The Morgan fingerprint density at radius 1 is 1.07 bits per heavy atom. The first-order valence-corrected chi connectivity index (χ1v) is 10.4. The monoisotopic (exact) mass is 423 g/mol. The average Bonchev–Trinajstić information content (AvgIpc) is 3.19. The molecule has 1 heterocycles. The Hall–Kier alpha value is -2.92. The molecular formula is C24H26ClN3O2. The molecule has 30 heavy (non-hydrogen) atoms. The Morgan fingerprint density at radius 2 is 1.77 bits per heavy atom. The molecule has 0 bridgehead atoms. The zero-order valence-corrected chi connectivity index (χ0v) is 18.4. The van der Waals surface area contributed by atoms with Gasteiger partial charge in [0, 0.05) is 12.1 Å². The molecule has 5 nitrogen and oxygen atoms in total. The van der Waals surface area contributed by atoms with Crippen LogP contribution in [0.3, 0.4) is 0 Å². The van der Waals surface area contributed by atoms with Crippen molar-refractivity contribution >= 4 is 23.6 Å². The summed E-state index contributed by atoms with van der Waals surface area (Å²) in [4.78, 5) is 14.5. The lowest BCUT2D eigenvalue weighted by atomic mass is 10.0. The van der Waals surface area contributed by atoms with E-state index in [9.17, 15) is 4.79 Å². The molecule has 0 atom stereocenters. The zero-order chi connectivity index (χ0) is 21.7. The van der Waals surface area contributed by atoms with Crippen LogP contribution in [-0.4, -0.2) is 27.0 Å². The van der Waals surface area contributed by atoms with E-state index < -0.39 is 0 Å². The lowest BCUT2D eigenvalue weighted by Gasteiger charge is -2.23. The zero-order valence-electron chi connectivity index (χ0n) is 17.7. The SMILES string of the molecule is CC(C)c1ccc(/C=C/C(=O)N(Cc2nnc(-c3ccccc3Cl)o2)C(C)C)cc1. The Balaban J connectivity index is 1.71. The second-order valence-corrected chi connectivity index (χ2v) is 8.10. The molecule has 0 fully saturated rings. The average molecular weight is 424 g/mol. The second-order valence-electron chi connectivity index (χ2n) is 7.70. The fourth-order valence-corrected chi connectivity index (χ4v) is 3.19. The molecule has 6 heteroatoms. The number of benzene rings is 2. The molecule has 1 aromatic heterocycles.